The van der Waals surface area contributed by atoms with Gasteiger partial charge >= 0.3 is 0 Å². The second kappa shape index (κ2) is 12.2. The molecule has 1 spiro atoms. The van der Waals surface area contributed by atoms with Crippen LogP contribution in [0, 0.1) is 23.7 Å². The highest BCUT2D eigenvalue weighted by molar-refractivity contribution is 6.15. The lowest BCUT2D eigenvalue weighted by Gasteiger charge is -2.61. The van der Waals surface area contributed by atoms with Crippen LogP contribution in [-0.4, -0.2) is 9.13 Å². The molecule has 8 aromatic carbocycles. The normalized spacial score (nSPS) is 22.4. The molecule has 0 N–H and O–H groups in total. The third-order valence-corrected chi connectivity index (χ3v) is 15.7. The third kappa shape index (κ3) is 4.38. The molecule has 2 heteroatoms. The summed E-state index contributed by atoms with van der Waals surface area (Å²) >= 11 is 0. The Morgan fingerprint density at radius 3 is 1.77 bits per heavy atom. The van der Waals surface area contributed by atoms with Gasteiger partial charge in [0, 0.05) is 43.9 Å². The molecule has 0 unspecified atom stereocenters. The van der Waals surface area contributed by atoms with E-state index < -0.39 is 0 Å². The second-order valence-corrected chi connectivity index (χ2v) is 18.5. The topological polar surface area (TPSA) is 9.86 Å². The highest BCUT2D eigenvalue weighted by atomic mass is 15.0. The summed E-state index contributed by atoms with van der Waals surface area (Å²) in [4.78, 5) is 0. The summed E-state index contributed by atoms with van der Waals surface area (Å²) in [5.41, 5.74) is 18.7. The lowest BCUT2D eigenvalue weighted by Crippen LogP contribution is -2.55. The smallest absolute Gasteiger partial charge is 0.0619 e. The van der Waals surface area contributed by atoms with Crippen molar-refractivity contribution in [3.63, 3.8) is 0 Å². The van der Waals surface area contributed by atoms with Crippen LogP contribution in [-0.2, 0) is 5.41 Å². The van der Waals surface area contributed by atoms with Crippen LogP contribution in [0.2, 0.25) is 0 Å². The molecule has 0 saturated heterocycles. The molecular formula is C58H44N2. The van der Waals surface area contributed by atoms with Crippen molar-refractivity contribution in [2.45, 2.75) is 37.5 Å². The molecule has 286 valence electrons. The van der Waals surface area contributed by atoms with E-state index in [1.54, 1.807) is 11.1 Å². The summed E-state index contributed by atoms with van der Waals surface area (Å²) in [5.74, 6) is 3.29. The van der Waals surface area contributed by atoms with Crippen molar-refractivity contribution < 1.29 is 0 Å². The van der Waals surface area contributed by atoms with Crippen LogP contribution < -0.4 is 0 Å². The van der Waals surface area contributed by atoms with E-state index >= 15 is 0 Å². The molecule has 15 rings (SSSR count). The zero-order valence-corrected chi connectivity index (χ0v) is 33.6. The lowest BCUT2D eigenvalue weighted by atomic mass is 9.43. The molecule has 4 fully saturated rings. The SMILES string of the molecule is c1ccc(-c2cccc(-n3c4ccccc4c4ccc(-c5cccc6c7ccccc7n(-c7ccc8c(c7)C7(c9ccccc9-8)C8CC9CC(C8)CC7C9)c56)cc43)c2)cc1. The molecule has 10 aromatic rings. The molecule has 2 heterocycles. The van der Waals surface area contributed by atoms with Gasteiger partial charge in [0.05, 0.1) is 22.1 Å². The first kappa shape index (κ1) is 33.2. The molecule has 2 nitrogen and oxygen atoms in total. The highest BCUT2D eigenvalue weighted by Crippen LogP contribution is 2.69. The van der Waals surface area contributed by atoms with E-state index in [1.807, 2.05) is 0 Å². The number of para-hydroxylation sites is 3. The maximum absolute atomic E-state index is 2.65. The van der Waals surface area contributed by atoms with E-state index in [0.29, 0.717) is 0 Å². The zero-order chi connectivity index (χ0) is 39.1. The van der Waals surface area contributed by atoms with Crippen molar-refractivity contribution in [1.82, 2.24) is 9.13 Å². The fourth-order valence-electron chi connectivity index (χ4n) is 13.7. The molecule has 2 aromatic heterocycles. The minimum absolute atomic E-state index is 0.118. The quantitative estimate of drug-likeness (QED) is 0.169. The third-order valence-electron chi connectivity index (χ3n) is 15.7. The Balaban J connectivity index is 1.00. The number of fused-ring (bicyclic) bond motifs is 9. The van der Waals surface area contributed by atoms with Crippen molar-refractivity contribution in [3.05, 3.63) is 193 Å². The van der Waals surface area contributed by atoms with Crippen molar-refractivity contribution >= 4 is 43.6 Å². The average molecular weight is 769 g/mol. The Labute approximate surface area is 350 Å². The molecule has 4 bridgehead atoms. The molecule has 0 radical (unpaired) electrons. The van der Waals surface area contributed by atoms with Crippen LogP contribution >= 0.6 is 0 Å². The minimum atomic E-state index is 0.118. The number of benzene rings is 8. The number of hydrogen-bond acceptors (Lipinski definition) is 0. The Morgan fingerprint density at radius 2 is 0.950 bits per heavy atom. The van der Waals surface area contributed by atoms with Crippen molar-refractivity contribution in [3.8, 4) is 44.8 Å². The zero-order valence-electron chi connectivity index (χ0n) is 33.6. The van der Waals surface area contributed by atoms with Crippen molar-refractivity contribution in [2.75, 3.05) is 0 Å². The summed E-state index contributed by atoms with van der Waals surface area (Å²) in [6.07, 6.45) is 7.02. The van der Waals surface area contributed by atoms with Crippen molar-refractivity contribution in [2.24, 2.45) is 23.7 Å². The van der Waals surface area contributed by atoms with E-state index in [9.17, 15) is 0 Å². The Hall–Kier alpha value is -6.64. The minimum Gasteiger partial charge on any atom is -0.309 e. The molecular weight excluding hydrogens is 725 g/mol. The van der Waals surface area contributed by atoms with E-state index in [0.717, 1.165) is 23.7 Å². The molecule has 0 aliphatic heterocycles. The number of rotatable bonds is 4. The molecule has 5 aliphatic rings. The van der Waals surface area contributed by atoms with Crippen LogP contribution in [0.15, 0.2) is 182 Å². The number of hydrogen-bond donors (Lipinski definition) is 0. The van der Waals surface area contributed by atoms with E-state index in [4.69, 9.17) is 0 Å². The maximum atomic E-state index is 2.65. The van der Waals surface area contributed by atoms with Gasteiger partial charge in [-0.3, -0.25) is 0 Å². The first-order chi connectivity index (χ1) is 29.7. The van der Waals surface area contributed by atoms with Crippen LogP contribution in [0.5, 0.6) is 0 Å². The van der Waals surface area contributed by atoms with Crippen LogP contribution in [0.25, 0.3) is 88.4 Å². The standard InChI is InChI=1S/C58H44N2/c1-2-12-38(13-3-1)39-14-10-15-43(33-39)59-54-22-8-5-17-48(54)50-26-24-40(34-56(50)59)45-19-11-20-51-49-18-6-9-23-55(49)60(57(45)51)44-25-27-47-46-16-4-7-21-52(46)58(53(47)35-44)41-29-36-28-37(31-41)32-42(58)30-36/h1-27,33-37,41-42H,28-32H2. The first-order valence-corrected chi connectivity index (χ1v) is 22.2. The van der Waals surface area contributed by atoms with Gasteiger partial charge < -0.3 is 9.13 Å². The molecule has 0 amide bonds. The number of nitrogens with zero attached hydrogens (tertiary/aromatic N) is 2. The van der Waals surface area contributed by atoms with Crippen LogP contribution in [0.4, 0.5) is 0 Å². The Bertz CT molecular complexity index is 3370. The molecule has 5 aliphatic carbocycles. The fourth-order valence-corrected chi connectivity index (χ4v) is 13.7. The second-order valence-electron chi connectivity index (χ2n) is 18.5. The van der Waals surface area contributed by atoms with Gasteiger partial charge in [-0.1, -0.05) is 140 Å². The summed E-state index contributed by atoms with van der Waals surface area (Å²) in [6, 6.07) is 68.9. The highest BCUT2D eigenvalue weighted by Gasteiger charge is 2.61. The van der Waals surface area contributed by atoms with Crippen LogP contribution in [0.3, 0.4) is 0 Å². The van der Waals surface area contributed by atoms with E-state index in [-0.39, 0.29) is 5.41 Å². The Morgan fingerprint density at radius 1 is 0.350 bits per heavy atom. The molecule has 4 saturated carbocycles. The monoisotopic (exact) mass is 768 g/mol. The van der Waals surface area contributed by atoms with Gasteiger partial charge in [0.1, 0.15) is 0 Å². The summed E-state index contributed by atoms with van der Waals surface area (Å²) in [6.45, 7) is 0. The summed E-state index contributed by atoms with van der Waals surface area (Å²) < 4.78 is 5.08. The fraction of sp³-hybridized carbons (Fsp3) is 0.172. The van der Waals surface area contributed by atoms with Gasteiger partial charge in [-0.05, 0) is 137 Å². The van der Waals surface area contributed by atoms with Gasteiger partial charge in [-0.2, -0.15) is 0 Å². The van der Waals surface area contributed by atoms with Gasteiger partial charge in [-0.25, -0.2) is 0 Å². The predicted molar refractivity (Wildman–Crippen MR) is 249 cm³/mol. The Kier molecular flexibility index (Phi) is 6.76. The summed E-state index contributed by atoms with van der Waals surface area (Å²) in [5, 5.41) is 5.14. The van der Waals surface area contributed by atoms with E-state index in [2.05, 4.69) is 191 Å². The van der Waals surface area contributed by atoms with Crippen molar-refractivity contribution in [1.29, 1.82) is 0 Å². The largest absolute Gasteiger partial charge is 0.309 e. The summed E-state index contributed by atoms with van der Waals surface area (Å²) in [7, 11) is 0. The number of aromatic nitrogens is 2. The lowest BCUT2D eigenvalue weighted by molar-refractivity contribution is -0.0399. The molecule has 60 heavy (non-hydrogen) atoms. The predicted octanol–water partition coefficient (Wildman–Crippen LogP) is 14.9. The molecule has 0 atom stereocenters. The van der Waals surface area contributed by atoms with Gasteiger partial charge in [0.15, 0.2) is 0 Å². The maximum Gasteiger partial charge on any atom is 0.0619 e. The van der Waals surface area contributed by atoms with Crippen LogP contribution in [0.1, 0.15) is 43.2 Å². The first-order valence-electron chi connectivity index (χ1n) is 22.2. The van der Waals surface area contributed by atoms with Gasteiger partial charge in [-0.15, -0.1) is 0 Å². The average Bonchev–Trinajstić information content (AvgIpc) is 3.92. The van der Waals surface area contributed by atoms with Gasteiger partial charge in [0.25, 0.3) is 0 Å². The van der Waals surface area contributed by atoms with E-state index in [1.165, 1.54) is 120 Å². The van der Waals surface area contributed by atoms with Gasteiger partial charge in [0.2, 0.25) is 0 Å².